The SMILES string of the molecule is O=c1c2c(ccn1Cc1ccccc1)nc(NC1CCCNC1)n2Cc1ccccc1. The Morgan fingerprint density at radius 2 is 1.68 bits per heavy atom. The van der Waals surface area contributed by atoms with Crippen LogP contribution >= 0.6 is 0 Å². The first-order valence-electron chi connectivity index (χ1n) is 10.9. The summed E-state index contributed by atoms with van der Waals surface area (Å²) in [5.41, 5.74) is 3.61. The van der Waals surface area contributed by atoms with Crippen molar-refractivity contribution in [1.82, 2.24) is 19.4 Å². The highest BCUT2D eigenvalue weighted by Gasteiger charge is 2.20. The van der Waals surface area contributed by atoms with Gasteiger partial charge in [0.2, 0.25) is 5.95 Å². The molecule has 0 bridgehead atoms. The molecule has 1 aliphatic rings. The van der Waals surface area contributed by atoms with E-state index >= 15 is 0 Å². The molecule has 1 saturated heterocycles. The van der Waals surface area contributed by atoms with E-state index in [1.807, 2.05) is 65.4 Å². The highest BCUT2D eigenvalue weighted by atomic mass is 16.1. The molecule has 0 spiro atoms. The summed E-state index contributed by atoms with van der Waals surface area (Å²) >= 11 is 0. The van der Waals surface area contributed by atoms with Gasteiger partial charge in [-0.2, -0.15) is 0 Å². The van der Waals surface area contributed by atoms with Crippen LogP contribution < -0.4 is 16.2 Å². The molecule has 6 heteroatoms. The molecule has 1 aliphatic heterocycles. The second kappa shape index (κ2) is 8.78. The molecule has 1 atom stereocenters. The van der Waals surface area contributed by atoms with E-state index in [0.29, 0.717) is 24.6 Å². The smallest absolute Gasteiger partial charge is 0.277 e. The predicted octanol–water partition coefficient (Wildman–Crippen LogP) is 3.46. The fraction of sp³-hybridized carbons (Fsp3) is 0.280. The van der Waals surface area contributed by atoms with Crippen LogP contribution in [0.4, 0.5) is 5.95 Å². The van der Waals surface area contributed by atoms with Gasteiger partial charge in [0.05, 0.1) is 18.6 Å². The van der Waals surface area contributed by atoms with Crippen LogP contribution in [0.15, 0.2) is 77.7 Å². The Balaban J connectivity index is 1.57. The van der Waals surface area contributed by atoms with Crippen LogP contribution in [0.1, 0.15) is 24.0 Å². The molecule has 2 N–H and O–H groups in total. The first kappa shape index (κ1) is 19.6. The van der Waals surface area contributed by atoms with E-state index in [1.54, 1.807) is 4.57 Å². The van der Waals surface area contributed by atoms with Gasteiger partial charge in [-0.1, -0.05) is 60.7 Å². The molecule has 4 aromatic rings. The maximum atomic E-state index is 13.5. The van der Waals surface area contributed by atoms with Crippen molar-refractivity contribution in [2.75, 3.05) is 18.4 Å². The first-order valence-corrected chi connectivity index (χ1v) is 10.9. The van der Waals surface area contributed by atoms with Crippen LogP contribution in [0.2, 0.25) is 0 Å². The van der Waals surface area contributed by atoms with Gasteiger partial charge in [-0.3, -0.25) is 4.79 Å². The fourth-order valence-electron chi connectivity index (χ4n) is 4.27. The van der Waals surface area contributed by atoms with Gasteiger partial charge in [-0.15, -0.1) is 0 Å². The number of hydrogen-bond donors (Lipinski definition) is 2. The number of hydrogen-bond acceptors (Lipinski definition) is 4. The van der Waals surface area contributed by atoms with Gasteiger partial charge in [0, 0.05) is 18.8 Å². The molecular formula is C25H27N5O. The largest absolute Gasteiger partial charge is 0.352 e. The molecule has 0 aliphatic carbocycles. The molecule has 2 aromatic carbocycles. The lowest BCUT2D eigenvalue weighted by atomic mass is 10.1. The number of nitrogens with zero attached hydrogens (tertiary/aromatic N) is 3. The van der Waals surface area contributed by atoms with Crippen LogP contribution in [0.3, 0.4) is 0 Å². The molecule has 5 rings (SSSR count). The minimum absolute atomic E-state index is 0.0143. The summed E-state index contributed by atoms with van der Waals surface area (Å²) in [4.78, 5) is 18.3. The summed E-state index contributed by atoms with van der Waals surface area (Å²) in [6, 6.07) is 22.6. The summed E-state index contributed by atoms with van der Waals surface area (Å²) in [5, 5.41) is 7.04. The highest BCUT2D eigenvalue weighted by Crippen LogP contribution is 2.21. The molecule has 158 valence electrons. The standard InChI is InChI=1S/C25H27N5O/c31-24-23-22(13-15-29(24)17-19-8-3-1-4-9-19)28-25(27-21-12-7-14-26-16-21)30(23)18-20-10-5-2-6-11-20/h1-6,8-11,13,15,21,26H,7,12,14,16-18H2,(H,27,28). The molecule has 2 aromatic heterocycles. The monoisotopic (exact) mass is 413 g/mol. The number of anilines is 1. The number of fused-ring (bicyclic) bond motifs is 1. The number of rotatable bonds is 6. The van der Waals surface area contributed by atoms with E-state index in [4.69, 9.17) is 4.98 Å². The Bertz CT molecular complexity index is 1210. The first-order chi connectivity index (χ1) is 15.3. The van der Waals surface area contributed by atoms with Crippen LogP contribution in [0, 0.1) is 0 Å². The molecule has 1 unspecified atom stereocenters. The normalized spacial score (nSPS) is 16.5. The van der Waals surface area contributed by atoms with E-state index in [9.17, 15) is 4.79 Å². The zero-order chi connectivity index (χ0) is 21.0. The topological polar surface area (TPSA) is 63.9 Å². The van der Waals surface area contributed by atoms with Crippen molar-refractivity contribution >= 4 is 17.0 Å². The highest BCUT2D eigenvalue weighted by molar-refractivity contribution is 5.78. The van der Waals surface area contributed by atoms with Crippen LogP contribution in [0.25, 0.3) is 11.0 Å². The van der Waals surface area contributed by atoms with Gasteiger partial charge >= 0.3 is 0 Å². The lowest BCUT2D eigenvalue weighted by Crippen LogP contribution is -2.39. The minimum atomic E-state index is -0.0143. The molecule has 3 heterocycles. The molecule has 6 nitrogen and oxygen atoms in total. The lowest BCUT2D eigenvalue weighted by molar-refractivity contribution is 0.476. The van der Waals surface area contributed by atoms with Crippen molar-refractivity contribution in [3.63, 3.8) is 0 Å². The molecule has 0 amide bonds. The molecule has 0 radical (unpaired) electrons. The van der Waals surface area contributed by atoms with E-state index in [1.165, 1.54) is 0 Å². The third-order valence-electron chi connectivity index (χ3n) is 5.88. The van der Waals surface area contributed by atoms with Gasteiger partial charge in [0.1, 0.15) is 5.52 Å². The van der Waals surface area contributed by atoms with Gasteiger partial charge in [-0.05, 0) is 36.6 Å². The fourth-order valence-corrected chi connectivity index (χ4v) is 4.27. The third-order valence-corrected chi connectivity index (χ3v) is 5.88. The molecule has 0 saturated carbocycles. The number of pyridine rings is 1. The number of piperidine rings is 1. The van der Waals surface area contributed by atoms with E-state index in [0.717, 1.165) is 48.5 Å². The van der Waals surface area contributed by atoms with E-state index in [2.05, 4.69) is 22.8 Å². The zero-order valence-electron chi connectivity index (χ0n) is 17.5. The Labute approximate surface area is 181 Å². The number of benzene rings is 2. The average Bonchev–Trinajstić information content (AvgIpc) is 3.15. The number of aromatic nitrogens is 3. The van der Waals surface area contributed by atoms with Crippen LogP contribution in [0.5, 0.6) is 0 Å². The maximum absolute atomic E-state index is 13.5. The second-order valence-corrected chi connectivity index (χ2v) is 8.16. The Kier molecular flexibility index (Phi) is 5.54. The van der Waals surface area contributed by atoms with Gasteiger partial charge in [-0.25, -0.2) is 4.98 Å². The van der Waals surface area contributed by atoms with Crippen molar-refractivity contribution in [2.45, 2.75) is 32.0 Å². The lowest BCUT2D eigenvalue weighted by Gasteiger charge is -2.24. The van der Waals surface area contributed by atoms with Crippen molar-refractivity contribution in [3.8, 4) is 0 Å². The Hall–Kier alpha value is -3.38. The summed E-state index contributed by atoms with van der Waals surface area (Å²) in [5.74, 6) is 0.766. The maximum Gasteiger partial charge on any atom is 0.277 e. The van der Waals surface area contributed by atoms with Gasteiger partial charge < -0.3 is 19.8 Å². The Morgan fingerprint density at radius 3 is 2.35 bits per heavy atom. The molecule has 31 heavy (non-hydrogen) atoms. The van der Waals surface area contributed by atoms with Gasteiger partial charge in [0.25, 0.3) is 5.56 Å². The zero-order valence-corrected chi connectivity index (χ0v) is 17.5. The molecule has 1 fully saturated rings. The van der Waals surface area contributed by atoms with Crippen molar-refractivity contribution in [1.29, 1.82) is 0 Å². The quantitative estimate of drug-likeness (QED) is 0.508. The third kappa shape index (κ3) is 4.25. The van der Waals surface area contributed by atoms with E-state index < -0.39 is 0 Å². The summed E-state index contributed by atoms with van der Waals surface area (Å²) in [7, 11) is 0. The van der Waals surface area contributed by atoms with Crippen molar-refractivity contribution in [3.05, 3.63) is 94.4 Å². The van der Waals surface area contributed by atoms with Crippen LogP contribution in [-0.4, -0.2) is 33.2 Å². The summed E-state index contributed by atoms with van der Waals surface area (Å²) < 4.78 is 3.82. The van der Waals surface area contributed by atoms with Gasteiger partial charge in [0.15, 0.2) is 0 Å². The van der Waals surface area contributed by atoms with Crippen molar-refractivity contribution in [2.24, 2.45) is 0 Å². The molecular weight excluding hydrogens is 386 g/mol. The average molecular weight is 414 g/mol. The predicted molar refractivity (Wildman–Crippen MR) is 125 cm³/mol. The summed E-state index contributed by atoms with van der Waals surface area (Å²) in [6.07, 6.45) is 4.09. The van der Waals surface area contributed by atoms with Crippen LogP contribution in [-0.2, 0) is 13.1 Å². The number of imidazole rings is 1. The second-order valence-electron chi connectivity index (χ2n) is 8.16. The number of nitrogens with one attached hydrogen (secondary N) is 2. The van der Waals surface area contributed by atoms with Crippen molar-refractivity contribution < 1.29 is 0 Å². The minimum Gasteiger partial charge on any atom is -0.352 e. The summed E-state index contributed by atoms with van der Waals surface area (Å²) in [6.45, 7) is 3.11. The van der Waals surface area contributed by atoms with E-state index in [-0.39, 0.29) is 5.56 Å². The Morgan fingerprint density at radius 1 is 0.968 bits per heavy atom.